The Labute approximate surface area is 125 Å². The first kappa shape index (κ1) is 15.3. The van der Waals surface area contributed by atoms with E-state index >= 15 is 0 Å². The summed E-state index contributed by atoms with van der Waals surface area (Å²) in [5.41, 5.74) is 2.37. The van der Waals surface area contributed by atoms with Gasteiger partial charge in [0.15, 0.2) is 0 Å². The monoisotopic (exact) mass is 286 g/mol. The van der Waals surface area contributed by atoms with Crippen molar-refractivity contribution in [2.75, 3.05) is 13.2 Å². The van der Waals surface area contributed by atoms with E-state index in [-0.39, 0.29) is 5.56 Å². The van der Waals surface area contributed by atoms with Crippen LogP contribution in [0.3, 0.4) is 0 Å². The van der Waals surface area contributed by atoms with Crippen LogP contribution < -0.4 is 15.6 Å². The number of nitrogens with zero attached hydrogens (tertiary/aromatic N) is 1. The number of aryl methyl sites for hydroxylation is 1. The highest BCUT2D eigenvalue weighted by molar-refractivity contribution is 5.36. The van der Waals surface area contributed by atoms with Gasteiger partial charge in [-0.15, -0.1) is 0 Å². The average molecular weight is 286 g/mol. The van der Waals surface area contributed by atoms with Gasteiger partial charge in [0, 0.05) is 24.4 Å². The summed E-state index contributed by atoms with van der Waals surface area (Å²) in [6, 6.07) is 11.3. The Morgan fingerprint density at radius 3 is 2.86 bits per heavy atom. The molecule has 1 N–H and O–H groups in total. The van der Waals surface area contributed by atoms with Crippen LogP contribution in [0.4, 0.5) is 0 Å². The lowest BCUT2D eigenvalue weighted by atomic mass is 10.1. The van der Waals surface area contributed by atoms with E-state index < -0.39 is 0 Å². The van der Waals surface area contributed by atoms with Crippen molar-refractivity contribution in [3.05, 3.63) is 64.1 Å². The van der Waals surface area contributed by atoms with E-state index in [1.54, 1.807) is 22.9 Å². The molecule has 0 aliphatic rings. The zero-order valence-corrected chi connectivity index (χ0v) is 12.6. The molecule has 0 unspecified atom stereocenters. The first-order valence-electron chi connectivity index (χ1n) is 7.29. The zero-order valence-electron chi connectivity index (χ0n) is 12.6. The molecule has 0 fully saturated rings. The topological polar surface area (TPSA) is 43.3 Å². The molecule has 1 aromatic heterocycles. The minimum Gasteiger partial charge on any atom is -0.491 e. The highest BCUT2D eigenvalue weighted by Gasteiger charge is 2.04. The van der Waals surface area contributed by atoms with Crippen LogP contribution in [0.1, 0.15) is 18.1 Å². The molecule has 2 rings (SSSR count). The van der Waals surface area contributed by atoms with E-state index in [0.29, 0.717) is 13.2 Å². The Bertz CT molecular complexity index is 635. The van der Waals surface area contributed by atoms with Crippen molar-refractivity contribution in [1.82, 2.24) is 9.88 Å². The van der Waals surface area contributed by atoms with Gasteiger partial charge in [0.05, 0.1) is 6.54 Å². The molecule has 0 aliphatic carbocycles. The molecule has 1 heterocycles. The van der Waals surface area contributed by atoms with Gasteiger partial charge in [-0.2, -0.15) is 0 Å². The second-order valence-electron chi connectivity index (χ2n) is 4.97. The summed E-state index contributed by atoms with van der Waals surface area (Å²) in [5.74, 6) is 0.880. The second kappa shape index (κ2) is 7.64. The van der Waals surface area contributed by atoms with Crippen LogP contribution >= 0.6 is 0 Å². The van der Waals surface area contributed by atoms with Crippen molar-refractivity contribution < 1.29 is 4.74 Å². The lowest BCUT2D eigenvalue weighted by Gasteiger charge is -2.13. The highest BCUT2D eigenvalue weighted by Crippen LogP contribution is 2.20. The van der Waals surface area contributed by atoms with Gasteiger partial charge in [-0.1, -0.05) is 30.7 Å². The first-order chi connectivity index (χ1) is 10.2. The quantitative estimate of drug-likeness (QED) is 0.849. The number of aromatic nitrogens is 1. The van der Waals surface area contributed by atoms with Gasteiger partial charge in [-0.25, -0.2) is 0 Å². The van der Waals surface area contributed by atoms with E-state index in [1.165, 1.54) is 5.56 Å². The lowest BCUT2D eigenvalue weighted by Crippen LogP contribution is -2.21. The summed E-state index contributed by atoms with van der Waals surface area (Å²) in [4.78, 5) is 11.6. The van der Waals surface area contributed by atoms with Crippen molar-refractivity contribution in [2.24, 2.45) is 0 Å². The third-order valence-electron chi connectivity index (χ3n) is 3.27. The van der Waals surface area contributed by atoms with Crippen molar-refractivity contribution in [1.29, 1.82) is 0 Å². The summed E-state index contributed by atoms with van der Waals surface area (Å²) in [6.07, 6.45) is 1.78. The molecular weight excluding hydrogens is 264 g/mol. The van der Waals surface area contributed by atoms with E-state index in [1.807, 2.05) is 18.2 Å². The molecule has 0 amide bonds. The van der Waals surface area contributed by atoms with Crippen LogP contribution in [0.5, 0.6) is 5.75 Å². The predicted octanol–water partition coefficient (Wildman–Crippen LogP) is 2.35. The average Bonchev–Trinajstić information content (AvgIpc) is 2.49. The third-order valence-corrected chi connectivity index (χ3v) is 3.27. The molecule has 2 aromatic rings. The Hall–Kier alpha value is -2.07. The van der Waals surface area contributed by atoms with Crippen LogP contribution in [0.2, 0.25) is 0 Å². The van der Waals surface area contributed by atoms with Crippen LogP contribution in [0.15, 0.2) is 47.4 Å². The maximum Gasteiger partial charge on any atom is 0.250 e. The Kier molecular flexibility index (Phi) is 5.58. The number of rotatable bonds is 7. The van der Waals surface area contributed by atoms with Crippen molar-refractivity contribution in [2.45, 2.75) is 26.9 Å². The van der Waals surface area contributed by atoms with E-state index in [4.69, 9.17) is 4.74 Å². The van der Waals surface area contributed by atoms with E-state index in [0.717, 1.165) is 24.4 Å². The number of hydrogen-bond acceptors (Lipinski definition) is 3. The second-order valence-corrected chi connectivity index (χ2v) is 4.97. The molecule has 0 bridgehead atoms. The fourth-order valence-electron chi connectivity index (χ4n) is 2.15. The number of benzene rings is 1. The third kappa shape index (κ3) is 4.46. The van der Waals surface area contributed by atoms with Gasteiger partial charge in [0.1, 0.15) is 12.4 Å². The number of ether oxygens (including phenoxy) is 1. The number of pyridine rings is 1. The SMILES string of the molecule is CCNCc1cc(C)ccc1OCCn1ccccc1=O. The fourth-order valence-corrected chi connectivity index (χ4v) is 2.15. The molecule has 0 aliphatic heterocycles. The van der Waals surface area contributed by atoms with E-state index in [2.05, 4.69) is 25.2 Å². The molecule has 4 nitrogen and oxygen atoms in total. The molecule has 0 saturated heterocycles. The highest BCUT2D eigenvalue weighted by atomic mass is 16.5. The minimum absolute atomic E-state index is 0.00196. The van der Waals surface area contributed by atoms with Gasteiger partial charge < -0.3 is 14.6 Å². The number of hydrogen-bond donors (Lipinski definition) is 1. The van der Waals surface area contributed by atoms with Crippen LogP contribution in [0.25, 0.3) is 0 Å². The van der Waals surface area contributed by atoms with Crippen molar-refractivity contribution in [3.63, 3.8) is 0 Å². The van der Waals surface area contributed by atoms with Gasteiger partial charge in [-0.3, -0.25) is 4.79 Å². The maximum atomic E-state index is 11.6. The molecule has 112 valence electrons. The maximum absolute atomic E-state index is 11.6. The first-order valence-corrected chi connectivity index (χ1v) is 7.29. The summed E-state index contributed by atoms with van der Waals surface area (Å²) in [7, 11) is 0. The summed E-state index contributed by atoms with van der Waals surface area (Å²) >= 11 is 0. The predicted molar refractivity (Wildman–Crippen MR) is 84.8 cm³/mol. The van der Waals surface area contributed by atoms with Crippen molar-refractivity contribution in [3.8, 4) is 5.75 Å². The molecular formula is C17H22N2O2. The molecule has 0 saturated carbocycles. The molecule has 4 heteroatoms. The van der Waals surface area contributed by atoms with Gasteiger partial charge in [0.2, 0.25) is 0 Å². The Morgan fingerprint density at radius 1 is 1.24 bits per heavy atom. The Morgan fingerprint density at radius 2 is 2.10 bits per heavy atom. The molecule has 0 radical (unpaired) electrons. The van der Waals surface area contributed by atoms with Gasteiger partial charge in [0.25, 0.3) is 5.56 Å². The smallest absolute Gasteiger partial charge is 0.250 e. The Balaban J connectivity index is 1.99. The molecule has 0 atom stereocenters. The fraction of sp³-hybridized carbons (Fsp3) is 0.353. The normalized spacial score (nSPS) is 10.6. The molecule has 1 aromatic carbocycles. The van der Waals surface area contributed by atoms with E-state index in [9.17, 15) is 4.79 Å². The summed E-state index contributed by atoms with van der Waals surface area (Å²) in [6.45, 7) is 6.90. The van der Waals surface area contributed by atoms with Gasteiger partial charge >= 0.3 is 0 Å². The molecule has 0 spiro atoms. The van der Waals surface area contributed by atoms with Crippen molar-refractivity contribution >= 4 is 0 Å². The summed E-state index contributed by atoms with van der Waals surface area (Å²) < 4.78 is 7.50. The van der Waals surface area contributed by atoms with Crippen LogP contribution in [-0.4, -0.2) is 17.7 Å². The minimum atomic E-state index is -0.00196. The zero-order chi connectivity index (χ0) is 15.1. The van der Waals surface area contributed by atoms with Gasteiger partial charge in [-0.05, 0) is 25.6 Å². The standard InChI is InChI=1S/C17H22N2O2/c1-3-18-13-15-12-14(2)7-8-16(15)21-11-10-19-9-5-4-6-17(19)20/h4-9,12,18H,3,10-11,13H2,1-2H3. The molecule has 21 heavy (non-hydrogen) atoms. The largest absolute Gasteiger partial charge is 0.491 e. The summed E-state index contributed by atoms with van der Waals surface area (Å²) in [5, 5.41) is 3.31. The number of nitrogens with one attached hydrogen (secondary N) is 1. The van der Waals surface area contributed by atoms with Crippen LogP contribution in [-0.2, 0) is 13.1 Å². The van der Waals surface area contributed by atoms with Crippen LogP contribution in [0, 0.1) is 6.92 Å². The lowest BCUT2D eigenvalue weighted by molar-refractivity contribution is 0.293.